The van der Waals surface area contributed by atoms with Gasteiger partial charge in [-0.15, -0.1) is 0 Å². The van der Waals surface area contributed by atoms with E-state index in [0.29, 0.717) is 0 Å². The Bertz CT molecular complexity index is 482. The van der Waals surface area contributed by atoms with Crippen LogP contribution in [0.4, 0.5) is 5.69 Å². The fourth-order valence-electron chi connectivity index (χ4n) is 2.62. The van der Waals surface area contributed by atoms with Crippen molar-refractivity contribution in [2.24, 2.45) is 10.9 Å². The molecule has 0 radical (unpaired) electrons. The van der Waals surface area contributed by atoms with E-state index in [9.17, 15) is 0 Å². The standard InChI is InChI=1S/C16H23N3O/c1-17-16(18-9-11-20-12-13-6-7-13)19-10-8-14-4-2-3-5-15(14)19/h2-5,13H,6-12H2,1H3,(H,17,18). The molecule has 4 nitrogen and oxygen atoms in total. The molecule has 1 aliphatic heterocycles. The molecule has 0 atom stereocenters. The molecule has 1 fully saturated rings. The van der Waals surface area contributed by atoms with Gasteiger partial charge in [-0.2, -0.15) is 0 Å². The third kappa shape index (κ3) is 3.12. The van der Waals surface area contributed by atoms with Gasteiger partial charge in [0.25, 0.3) is 0 Å². The fraction of sp³-hybridized carbons (Fsp3) is 0.562. The van der Waals surface area contributed by atoms with Gasteiger partial charge in [-0.05, 0) is 36.8 Å². The first-order chi connectivity index (χ1) is 9.88. The fourth-order valence-corrected chi connectivity index (χ4v) is 2.62. The van der Waals surface area contributed by atoms with Crippen molar-refractivity contribution in [2.45, 2.75) is 19.3 Å². The number of nitrogens with zero attached hydrogens (tertiary/aromatic N) is 2. The van der Waals surface area contributed by atoms with E-state index in [2.05, 4.69) is 39.5 Å². The summed E-state index contributed by atoms with van der Waals surface area (Å²) in [5.41, 5.74) is 2.68. The third-order valence-electron chi connectivity index (χ3n) is 3.93. The largest absolute Gasteiger partial charge is 0.379 e. The number of rotatable bonds is 5. The Hall–Kier alpha value is -1.55. The Kier molecular flexibility index (Phi) is 4.21. The molecule has 4 heteroatoms. The zero-order valence-electron chi connectivity index (χ0n) is 12.1. The van der Waals surface area contributed by atoms with Crippen LogP contribution in [0.2, 0.25) is 0 Å². The van der Waals surface area contributed by atoms with Gasteiger partial charge in [-0.1, -0.05) is 18.2 Å². The first-order valence-corrected chi connectivity index (χ1v) is 7.52. The number of benzene rings is 1. The molecule has 0 spiro atoms. The minimum absolute atomic E-state index is 0.755. The maximum atomic E-state index is 5.65. The van der Waals surface area contributed by atoms with Crippen LogP contribution in [-0.2, 0) is 11.2 Å². The highest BCUT2D eigenvalue weighted by atomic mass is 16.5. The van der Waals surface area contributed by atoms with Gasteiger partial charge in [0.1, 0.15) is 0 Å². The van der Waals surface area contributed by atoms with Crippen molar-refractivity contribution < 1.29 is 4.74 Å². The van der Waals surface area contributed by atoms with Crippen LogP contribution in [0, 0.1) is 5.92 Å². The lowest BCUT2D eigenvalue weighted by Crippen LogP contribution is -2.41. The molecule has 1 aromatic carbocycles. The SMILES string of the molecule is CN=C(NCCOCC1CC1)N1CCc2ccccc21. The molecule has 0 unspecified atom stereocenters. The second-order valence-corrected chi connectivity index (χ2v) is 5.52. The van der Waals surface area contributed by atoms with Crippen molar-refractivity contribution in [3.8, 4) is 0 Å². The van der Waals surface area contributed by atoms with E-state index in [1.807, 2.05) is 7.05 Å². The predicted octanol–water partition coefficient (Wildman–Crippen LogP) is 2.05. The minimum Gasteiger partial charge on any atom is -0.379 e. The number of aliphatic imine (C=N–C) groups is 1. The molecule has 20 heavy (non-hydrogen) atoms. The monoisotopic (exact) mass is 273 g/mol. The van der Waals surface area contributed by atoms with Crippen molar-refractivity contribution in [1.29, 1.82) is 0 Å². The second kappa shape index (κ2) is 6.27. The zero-order chi connectivity index (χ0) is 13.8. The van der Waals surface area contributed by atoms with E-state index in [1.165, 1.54) is 24.1 Å². The average Bonchev–Trinajstić information content (AvgIpc) is 3.21. The molecule has 1 heterocycles. The Morgan fingerprint density at radius 1 is 1.40 bits per heavy atom. The summed E-state index contributed by atoms with van der Waals surface area (Å²) < 4.78 is 5.65. The molecule has 0 aromatic heterocycles. The number of hydrogen-bond donors (Lipinski definition) is 1. The van der Waals surface area contributed by atoms with Crippen molar-refractivity contribution in [3.63, 3.8) is 0 Å². The van der Waals surface area contributed by atoms with Crippen LogP contribution in [0.3, 0.4) is 0 Å². The van der Waals surface area contributed by atoms with Crippen LogP contribution in [-0.4, -0.2) is 39.3 Å². The Morgan fingerprint density at radius 3 is 3.05 bits per heavy atom. The topological polar surface area (TPSA) is 36.9 Å². The Labute approximate surface area is 120 Å². The van der Waals surface area contributed by atoms with Gasteiger partial charge < -0.3 is 15.0 Å². The van der Waals surface area contributed by atoms with Crippen LogP contribution in [0.1, 0.15) is 18.4 Å². The molecule has 0 amide bonds. The van der Waals surface area contributed by atoms with Crippen molar-refractivity contribution in [2.75, 3.05) is 38.3 Å². The molecule has 0 saturated heterocycles. The van der Waals surface area contributed by atoms with Gasteiger partial charge in [-0.25, -0.2) is 0 Å². The van der Waals surface area contributed by atoms with Gasteiger partial charge in [0.15, 0.2) is 5.96 Å². The number of fused-ring (bicyclic) bond motifs is 1. The Balaban J connectivity index is 1.49. The maximum absolute atomic E-state index is 5.65. The van der Waals surface area contributed by atoms with E-state index in [0.717, 1.165) is 44.6 Å². The molecule has 1 N–H and O–H groups in total. The first-order valence-electron chi connectivity index (χ1n) is 7.52. The van der Waals surface area contributed by atoms with E-state index in [-0.39, 0.29) is 0 Å². The molecular formula is C16H23N3O. The van der Waals surface area contributed by atoms with Gasteiger partial charge in [-0.3, -0.25) is 4.99 Å². The van der Waals surface area contributed by atoms with Crippen LogP contribution >= 0.6 is 0 Å². The van der Waals surface area contributed by atoms with E-state index in [4.69, 9.17) is 4.74 Å². The molecule has 0 bridgehead atoms. The van der Waals surface area contributed by atoms with Gasteiger partial charge >= 0.3 is 0 Å². The summed E-state index contributed by atoms with van der Waals surface area (Å²) >= 11 is 0. The molecule has 1 aliphatic carbocycles. The van der Waals surface area contributed by atoms with Crippen LogP contribution in [0.5, 0.6) is 0 Å². The van der Waals surface area contributed by atoms with Crippen LogP contribution in [0.25, 0.3) is 0 Å². The Morgan fingerprint density at radius 2 is 2.25 bits per heavy atom. The summed E-state index contributed by atoms with van der Waals surface area (Å²) in [4.78, 5) is 6.65. The minimum atomic E-state index is 0.755. The number of ether oxygens (including phenoxy) is 1. The van der Waals surface area contributed by atoms with E-state index in [1.54, 1.807) is 0 Å². The summed E-state index contributed by atoms with van der Waals surface area (Å²) in [6.45, 7) is 3.50. The molecular weight excluding hydrogens is 250 g/mol. The third-order valence-corrected chi connectivity index (χ3v) is 3.93. The highest BCUT2D eigenvalue weighted by Gasteiger charge is 2.22. The van der Waals surface area contributed by atoms with Crippen molar-refractivity contribution in [1.82, 2.24) is 5.32 Å². The molecule has 1 saturated carbocycles. The maximum Gasteiger partial charge on any atom is 0.198 e. The number of guanidine groups is 1. The number of anilines is 1. The molecule has 2 aliphatic rings. The lowest BCUT2D eigenvalue weighted by molar-refractivity contribution is 0.129. The van der Waals surface area contributed by atoms with Crippen LogP contribution in [0.15, 0.2) is 29.3 Å². The number of para-hydroxylation sites is 1. The highest BCUT2D eigenvalue weighted by molar-refractivity contribution is 5.97. The quantitative estimate of drug-likeness (QED) is 0.507. The first kappa shape index (κ1) is 13.4. The van der Waals surface area contributed by atoms with Gasteiger partial charge in [0, 0.05) is 32.4 Å². The summed E-state index contributed by atoms with van der Waals surface area (Å²) in [6.07, 6.45) is 3.79. The summed E-state index contributed by atoms with van der Waals surface area (Å²) in [5, 5.41) is 3.40. The summed E-state index contributed by atoms with van der Waals surface area (Å²) in [7, 11) is 1.84. The van der Waals surface area contributed by atoms with E-state index < -0.39 is 0 Å². The second-order valence-electron chi connectivity index (χ2n) is 5.52. The molecule has 108 valence electrons. The van der Waals surface area contributed by atoms with Gasteiger partial charge in [0.05, 0.1) is 6.61 Å². The van der Waals surface area contributed by atoms with Crippen molar-refractivity contribution in [3.05, 3.63) is 29.8 Å². The highest BCUT2D eigenvalue weighted by Crippen LogP contribution is 2.29. The normalized spacial score (nSPS) is 18.2. The number of nitrogens with one attached hydrogen (secondary N) is 1. The van der Waals surface area contributed by atoms with Gasteiger partial charge in [0.2, 0.25) is 0 Å². The molecule has 1 aromatic rings. The lowest BCUT2D eigenvalue weighted by Gasteiger charge is -2.22. The smallest absolute Gasteiger partial charge is 0.198 e. The summed E-state index contributed by atoms with van der Waals surface area (Å²) in [6, 6.07) is 8.55. The zero-order valence-corrected chi connectivity index (χ0v) is 12.1. The average molecular weight is 273 g/mol. The predicted molar refractivity (Wildman–Crippen MR) is 82.4 cm³/mol. The molecule has 3 rings (SSSR count). The van der Waals surface area contributed by atoms with E-state index >= 15 is 0 Å². The lowest BCUT2D eigenvalue weighted by atomic mass is 10.2. The van der Waals surface area contributed by atoms with Crippen molar-refractivity contribution >= 4 is 11.6 Å². The number of hydrogen-bond acceptors (Lipinski definition) is 2. The summed E-state index contributed by atoms with van der Waals surface area (Å²) in [5.74, 6) is 1.78. The van der Waals surface area contributed by atoms with Crippen LogP contribution < -0.4 is 10.2 Å².